The van der Waals surface area contributed by atoms with E-state index < -0.39 is 0 Å². The molecule has 0 aliphatic rings. The van der Waals surface area contributed by atoms with Crippen molar-refractivity contribution >= 4 is 56.2 Å². The first-order chi connectivity index (χ1) is 5.68. The molecule has 0 saturated heterocycles. The van der Waals surface area contributed by atoms with Crippen molar-refractivity contribution in [1.82, 2.24) is 9.55 Å². The minimum atomic E-state index is 1.07. The topological polar surface area (TPSA) is 17.8 Å². The van der Waals surface area contributed by atoms with Crippen molar-refractivity contribution in [3.8, 4) is 0 Å². The number of halogens is 2. The van der Waals surface area contributed by atoms with Gasteiger partial charge >= 0.3 is 0 Å². The summed E-state index contributed by atoms with van der Waals surface area (Å²) in [5.74, 6) is 0. The summed E-state index contributed by atoms with van der Waals surface area (Å²) >= 11 is 4.66. The van der Waals surface area contributed by atoms with Gasteiger partial charge in [0.25, 0.3) is 0 Å². The Bertz CT molecular complexity index is 434. The lowest BCUT2D eigenvalue weighted by molar-refractivity contribution is 0.947. The van der Waals surface area contributed by atoms with Crippen LogP contribution in [0.1, 0.15) is 0 Å². The highest BCUT2D eigenvalue weighted by Crippen LogP contribution is 2.21. The second kappa shape index (κ2) is 3.13. The second-order valence-electron chi connectivity index (χ2n) is 2.61. The van der Waals surface area contributed by atoms with Crippen molar-refractivity contribution in [2.24, 2.45) is 7.05 Å². The summed E-state index contributed by atoms with van der Waals surface area (Å²) < 4.78 is 4.58. The fourth-order valence-electron chi connectivity index (χ4n) is 1.12. The molecule has 1 aromatic carbocycles. The molecule has 2 nitrogen and oxygen atoms in total. The number of hydrogen-bond donors (Lipinski definition) is 0. The van der Waals surface area contributed by atoms with Gasteiger partial charge in [-0.2, -0.15) is 0 Å². The van der Waals surface area contributed by atoms with Gasteiger partial charge in [-0.25, -0.2) is 4.98 Å². The molecule has 1 heterocycles. The highest BCUT2D eigenvalue weighted by Gasteiger charge is 2.03. The maximum atomic E-state index is 4.28. The first-order valence-corrected chi connectivity index (χ1v) is 5.60. The number of nitrogens with zero attached hydrogens (tertiary/aromatic N) is 2. The molecule has 0 aliphatic carbocycles. The number of rotatable bonds is 0. The molecule has 62 valence electrons. The van der Waals surface area contributed by atoms with E-state index >= 15 is 0 Å². The molecule has 0 saturated carbocycles. The van der Waals surface area contributed by atoms with Gasteiger partial charge in [0.1, 0.15) is 0 Å². The van der Waals surface area contributed by atoms with Crippen LogP contribution in [-0.4, -0.2) is 9.55 Å². The van der Waals surface area contributed by atoms with Gasteiger partial charge in [-0.3, -0.25) is 0 Å². The maximum absolute atomic E-state index is 4.28. The highest BCUT2D eigenvalue weighted by molar-refractivity contribution is 14.1. The summed E-state index contributed by atoms with van der Waals surface area (Å²) in [5, 5.41) is 0. The van der Waals surface area contributed by atoms with Crippen molar-refractivity contribution in [3.05, 3.63) is 25.6 Å². The van der Waals surface area contributed by atoms with Crippen LogP contribution in [0, 0.1) is 7.14 Å². The molecule has 0 N–H and O–H groups in total. The molecular formula is C8H6I2N2. The largest absolute Gasteiger partial charge is 0.334 e. The summed E-state index contributed by atoms with van der Waals surface area (Å²) in [6.07, 6.45) is 1.84. The third kappa shape index (κ3) is 1.34. The fraction of sp³-hybridized carbons (Fsp3) is 0.125. The Labute approximate surface area is 97.6 Å². The van der Waals surface area contributed by atoms with Crippen LogP contribution in [-0.2, 0) is 7.05 Å². The van der Waals surface area contributed by atoms with E-state index in [0.29, 0.717) is 0 Å². The Balaban J connectivity index is 2.87. The predicted molar refractivity (Wildman–Crippen MR) is 66.1 cm³/mol. The first-order valence-electron chi connectivity index (χ1n) is 3.44. The third-order valence-corrected chi connectivity index (χ3v) is 4.58. The van der Waals surface area contributed by atoms with Gasteiger partial charge in [0.15, 0.2) is 0 Å². The number of imidazole rings is 1. The van der Waals surface area contributed by atoms with Crippen LogP contribution < -0.4 is 0 Å². The lowest BCUT2D eigenvalue weighted by Crippen LogP contribution is -1.85. The molecule has 0 atom stereocenters. The Morgan fingerprint density at radius 3 is 2.67 bits per heavy atom. The van der Waals surface area contributed by atoms with Gasteiger partial charge < -0.3 is 4.57 Å². The molecule has 2 aromatic rings. The number of benzene rings is 1. The Hall–Kier alpha value is 0.150. The van der Waals surface area contributed by atoms with Crippen molar-refractivity contribution < 1.29 is 0 Å². The fourth-order valence-corrected chi connectivity index (χ4v) is 2.02. The van der Waals surface area contributed by atoms with E-state index in [1.54, 1.807) is 0 Å². The number of aryl methyl sites for hydroxylation is 1. The maximum Gasteiger partial charge on any atom is 0.0955 e. The van der Waals surface area contributed by atoms with Gasteiger partial charge in [-0.1, -0.05) is 0 Å². The molecule has 12 heavy (non-hydrogen) atoms. The van der Waals surface area contributed by atoms with Crippen LogP contribution in [0.25, 0.3) is 11.0 Å². The van der Waals surface area contributed by atoms with Gasteiger partial charge in [0.05, 0.1) is 17.4 Å². The van der Waals surface area contributed by atoms with Crippen molar-refractivity contribution in [2.75, 3.05) is 0 Å². The van der Waals surface area contributed by atoms with Crippen molar-refractivity contribution in [3.63, 3.8) is 0 Å². The van der Waals surface area contributed by atoms with Crippen molar-refractivity contribution in [2.45, 2.75) is 0 Å². The van der Waals surface area contributed by atoms with Crippen LogP contribution in [0.4, 0.5) is 0 Å². The Morgan fingerprint density at radius 1 is 1.25 bits per heavy atom. The van der Waals surface area contributed by atoms with E-state index in [9.17, 15) is 0 Å². The molecule has 0 amide bonds. The minimum Gasteiger partial charge on any atom is -0.334 e. The van der Waals surface area contributed by atoms with Crippen LogP contribution in [0.15, 0.2) is 18.5 Å². The number of aromatic nitrogens is 2. The van der Waals surface area contributed by atoms with E-state index in [1.807, 2.05) is 17.9 Å². The third-order valence-electron chi connectivity index (χ3n) is 1.77. The average molecular weight is 384 g/mol. The van der Waals surface area contributed by atoms with Crippen LogP contribution in [0.5, 0.6) is 0 Å². The lowest BCUT2D eigenvalue weighted by atomic mass is 10.3. The Morgan fingerprint density at radius 2 is 1.92 bits per heavy atom. The first kappa shape index (κ1) is 8.74. The smallest absolute Gasteiger partial charge is 0.0955 e. The second-order valence-corrected chi connectivity index (χ2v) is 4.93. The molecule has 4 heteroatoms. The predicted octanol–water partition coefficient (Wildman–Crippen LogP) is 2.78. The molecule has 0 bridgehead atoms. The van der Waals surface area contributed by atoms with E-state index in [2.05, 4.69) is 62.3 Å². The zero-order chi connectivity index (χ0) is 8.72. The molecule has 2 rings (SSSR count). The van der Waals surface area contributed by atoms with Crippen LogP contribution in [0.2, 0.25) is 0 Å². The number of fused-ring (bicyclic) bond motifs is 1. The SMILES string of the molecule is Cn1cnc2cc(I)c(I)cc21. The molecule has 0 radical (unpaired) electrons. The summed E-state index contributed by atoms with van der Waals surface area (Å²) in [4.78, 5) is 4.28. The van der Waals surface area contributed by atoms with Crippen LogP contribution >= 0.6 is 45.2 Å². The van der Waals surface area contributed by atoms with E-state index in [1.165, 1.54) is 12.7 Å². The zero-order valence-electron chi connectivity index (χ0n) is 6.38. The monoisotopic (exact) mass is 384 g/mol. The summed E-state index contributed by atoms with van der Waals surface area (Å²) in [5.41, 5.74) is 2.27. The van der Waals surface area contributed by atoms with E-state index in [-0.39, 0.29) is 0 Å². The zero-order valence-corrected chi connectivity index (χ0v) is 10.7. The quantitative estimate of drug-likeness (QED) is 0.640. The molecule has 0 fully saturated rings. The summed E-state index contributed by atoms with van der Waals surface area (Å²) in [6.45, 7) is 0. The van der Waals surface area contributed by atoms with Gasteiger partial charge in [-0.05, 0) is 57.3 Å². The normalized spacial score (nSPS) is 10.9. The highest BCUT2D eigenvalue weighted by atomic mass is 127. The minimum absolute atomic E-state index is 1.07. The molecule has 0 spiro atoms. The van der Waals surface area contributed by atoms with E-state index in [4.69, 9.17) is 0 Å². The molecular weight excluding hydrogens is 378 g/mol. The lowest BCUT2D eigenvalue weighted by Gasteiger charge is -1.97. The molecule has 0 unspecified atom stereocenters. The number of hydrogen-bond acceptors (Lipinski definition) is 1. The molecule has 0 aliphatic heterocycles. The van der Waals surface area contributed by atoms with Crippen LogP contribution in [0.3, 0.4) is 0 Å². The average Bonchev–Trinajstić information content (AvgIpc) is 2.35. The van der Waals surface area contributed by atoms with Gasteiger partial charge in [0, 0.05) is 14.2 Å². The van der Waals surface area contributed by atoms with E-state index in [0.717, 1.165) is 5.52 Å². The van der Waals surface area contributed by atoms with Gasteiger partial charge in [0.2, 0.25) is 0 Å². The van der Waals surface area contributed by atoms with Crippen molar-refractivity contribution in [1.29, 1.82) is 0 Å². The molecule has 1 aromatic heterocycles. The van der Waals surface area contributed by atoms with Gasteiger partial charge in [-0.15, -0.1) is 0 Å². The Kier molecular flexibility index (Phi) is 2.28. The summed E-state index contributed by atoms with van der Waals surface area (Å²) in [7, 11) is 2.01. The summed E-state index contributed by atoms with van der Waals surface area (Å²) in [6, 6.07) is 4.27. The standard InChI is InChI=1S/C8H6I2N2/c1-12-4-11-7-2-5(9)6(10)3-8(7)12/h2-4H,1H3.